The van der Waals surface area contributed by atoms with Crippen LogP contribution in [-0.4, -0.2) is 56.0 Å². The molecular weight excluding hydrogens is 347 g/mol. The number of rotatable bonds is 6. The van der Waals surface area contributed by atoms with Gasteiger partial charge in [0.15, 0.2) is 5.96 Å². The van der Waals surface area contributed by atoms with Crippen LogP contribution in [0.3, 0.4) is 0 Å². The zero-order valence-corrected chi connectivity index (χ0v) is 15.9. The standard InChI is InChI=1S/C19H27FN6O/c1-3-23-19(24-12-15-5-4-14(11-21)10-17(15)20)25-16-6-8-26(9-7-16)13-18(27)22-2/h4-5,10,16H,3,6-9,12-13H2,1-2H3,(H,22,27)(H2,23,24,25). The molecule has 0 bridgehead atoms. The fourth-order valence-electron chi connectivity index (χ4n) is 2.94. The maximum Gasteiger partial charge on any atom is 0.233 e. The Morgan fingerprint density at radius 1 is 1.41 bits per heavy atom. The first-order valence-corrected chi connectivity index (χ1v) is 9.22. The molecule has 1 amide bonds. The van der Waals surface area contributed by atoms with Crippen LogP contribution in [0.25, 0.3) is 0 Å². The number of hydrogen-bond donors (Lipinski definition) is 3. The number of benzene rings is 1. The Hall–Kier alpha value is -2.66. The third kappa shape index (κ3) is 6.53. The minimum Gasteiger partial charge on any atom is -0.358 e. The number of likely N-dealkylation sites (tertiary alicyclic amines) is 1. The number of carbonyl (C=O) groups excluding carboxylic acids is 1. The summed E-state index contributed by atoms with van der Waals surface area (Å²) in [5, 5.41) is 18.0. The van der Waals surface area contributed by atoms with E-state index in [0.717, 1.165) is 25.9 Å². The van der Waals surface area contributed by atoms with Gasteiger partial charge in [-0.3, -0.25) is 9.69 Å². The van der Waals surface area contributed by atoms with Gasteiger partial charge in [0.2, 0.25) is 5.91 Å². The summed E-state index contributed by atoms with van der Waals surface area (Å²) in [6, 6.07) is 6.60. The number of amides is 1. The van der Waals surface area contributed by atoms with E-state index < -0.39 is 5.82 Å². The van der Waals surface area contributed by atoms with Crippen molar-refractivity contribution < 1.29 is 9.18 Å². The summed E-state index contributed by atoms with van der Waals surface area (Å²) in [6.07, 6.45) is 1.82. The van der Waals surface area contributed by atoms with E-state index in [4.69, 9.17) is 5.26 Å². The molecule has 0 aliphatic carbocycles. The van der Waals surface area contributed by atoms with Crippen molar-refractivity contribution in [1.82, 2.24) is 20.9 Å². The van der Waals surface area contributed by atoms with E-state index in [2.05, 4.69) is 25.8 Å². The molecule has 1 saturated heterocycles. The van der Waals surface area contributed by atoms with E-state index in [0.29, 0.717) is 30.2 Å². The fourth-order valence-corrected chi connectivity index (χ4v) is 2.94. The molecule has 1 aliphatic rings. The van der Waals surface area contributed by atoms with Gasteiger partial charge in [0.1, 0.15) is 5.82 Å². The van der Waals surface area contributed by atoms with E-state index in [1.165, 1.54) is 6.07 Å². The number of likely N-dealkylation sites (N-methyl/N-ethyl adjacent to an activating group) is 1. The fraction of sp³-hybridized carbons (Fsp3) is 0.526. The van der Waals surface area contributed by atoms with Crippen LogP contribution in [0.4, 0.5) is 4.39 Å². The smallest absolute Gasteiger partial charge is 0.233 e. The first-order valence-electron chi connectivity index (χ1n) is 9.22. The van der Waals surface area contributed by atoms with Gasteiger partial charge < -0.3 is 16.0 Å². The van der Waals surface area contributed by atoms with Crippen LogP contribution in [-0.2, 0) is 11.3 Å². The lowest BCUT2D eigenvalue weighted by atomic mass is 10.1. The van der Waals surface area contributed by atoms with Crippen molar-refractivity contribution in [3.8, 4) is 6.07 Å². The third-order valence-electron chi connectivity index (χ3n) is 4.51. The molecule has 27 heavy (non-hydrogen) atoms. The molecule has 146 valence electrons. The molecule has 7 nitrogen and oxygen atoms in total. The van der Waals surface area contributed by atoms with Gasteiger partial charge in [-0.1, -0.05) is 6.07 Å². The van der Waals surface area contributed by atoms with E-state index in [1.807, 2.05) is 13.0 Å². The van der Waals surface area contributed by atoms with Gasteiger partial charge in [-0.25, -0.2) is 9.38 Å². The predicted octanol–water partition coefficient (Wildman–Crippen LogP) is 0.963. The summed E-state index contributed by atoms with van der Waals surface area (Å²) in [5.41, 5.74) is 0.750. The lowest BCUT2D eigenvalue weighted by molar-refractivity contribution is -0.122. The van der Waals surface area contributed by atoms with Gasteiger partial charge >= 0.3 is 0 Å². The Bertz CT molecular complexity index is 707. The second-order valence-electron chi connectivity index (χ2n) is 6.48. The number of piperidine rings is 1. The van der Waals surface area contributed by atoms with Gasteiger partial charge in [0.05, 0.1) is 24.7 Å². The molecule has 0 atom stereocenters. The monoisotopic (exact) mass is 374 g/mol. The zero-order chi connectivity index (χ0) is 19.6. The Morgan fingerprint density at radius 2 is 2.15 bits per heavy atom. The van der Waals surface area contributed by atoms with Crippen molar-refractivity contribution in [2.45, 2.75) is 32.4 Å². The summed E-state index contributed by atoms with van der Waals surface area (Å²) in [7, 11) is 1.65. The Balaban J connectivity index is 1.91. The van der Waals surface area contributed by atoms with Crippen molar-refractivity contribution in [2.24, 2.45) is 4.99 Å². The SMILES string of the molecule is CCNC(=NCc1ccc(C#N)cc1F)NC1CCN(CC(=O)NC)CC1. The molecule has 0 aromatic heterocycles. The molecule has 3 N–H and O–H groups in total. The molecule has 1 aromatic rings. The van der Waals surface area contributed by atoms with Crippen LogP contribution in [0, 0.1) is 17.1 Å². The highest BCUT2D eigenvalue weighted by Gasteiger charge is 2.21. The van der Waals surface area contributed by atoms with Crippen LogP contribution in [0.1, 0.15) is 30.9 Å². The van der Waals surface area contributed by atoms with E-state index >= 15 is 0 Å². The number of nitrogens with one attached hydrogen (secondary N) is 3. The van der Waals surface area contributed by atoms with Crippen molar-refractivity contribution >= 4 is 11.9 Å². The normalized spacial score (nSPS) is 15.9. The van der Waals surface area contributed by atoms with Crippen LogP contribution >= 0.6 is 0 Å². The average molecular weight is 374 g/mol. The number of hydrogen-bond acceptors (Lipinski definition) is 4. The maximum atomic E-state index is 14.0. The summed E-state index contributed by atoms with van der Waals surface area (Å²) >= 11 is 0. The largest absolute Gasteiger partial charge is 0.358 e. The Kier molecular flexibility index (Phi) is 8.01. The number of aliphatic imine (C=N–C) groups is 1. The highest BCUT2D eigenvalue weighted by atomic mass is 19.1. The van der Waals surface area contributed by atoms with Crippen LogP contribution < -0.4 is 16.0 Å². The number of carbonyl (C=O) groups is 1. The number of nitriles is 1. The second-order valence-corrected chi connectivity index (χ2v) is 6.48. The second kappa shape index (κ2) is 10.5. The number of guanidine groups is 1. The average Bonchev–Trinajstić information content (AvgIpc) is 2.68. The molecule has 1 fully saturated rings. The topological polar surface area (TPSA) is 92.6 Å². The third-order valence-corrected chi connectivity index (χ3v) is 4.51. The Morgan fingerprint density at radius 3 is 2.74 bits per heavy atom. The maximum absolute atomic E-state index is 14.0. The van der Waals surface area contributed by atoms with E-state index in [1.54, 1.807) is 19.2 Å². The summed E-state index contributed by atoms with van der Waals surface area (Å²) in [5.74, 6) is 0.253. The molecular formula is C19H27FN6O. The molecule has 1 aliphatic heterocycles. The summed E-state index contributed by atoms with van der Waals surface area (Å²) in [6.45, 7) is 4.99. The van der Waals surface area contributed by atoms with Crippen LogP contribution in [0.15, 0.2) is 23.2 Å². The van der Waals surface area contributed by atoms with Crippen molar-refractivity contribution in [1.29, 1.82) is 5.26 Å². The lowest BCUT2D eigenvalue weighted by Crippen LogP contribution is -2.50. The molecule has 0 radical (unpaired) electrons. The molecule has 2 rings (SSSR count). The number of halogens is 1. The van der Waals surface area contributed by atoms with Crippen molar-refractivity contribution in [3.63, 3.8) is 0 Å². The van der Waals surface area contributed by atoms with Crippen molar-refractivity contribution in [2.75, 3.05) is 33.2 Å². The molecule has 0 saturated carbocycles. The van der Waals surface area contributed by atoms with E-state index in [9.17, 15) is 9.18 Å². The first-order chi connectivity index (χ1) is 13.0. The minimum atomic E-state index is -0.420. The predicted molar refractivity (Wildman–Crippen MR) is 103 cm³/mol. The van der Waals surface area contributed by atoms with Gasteiger partial charge in [0, 0.05) is 38.3 Å². The van der Waals surface area contributed by atoms with Gasteiger partial charge in [-0.2, -0.15) is 5.26 Å². The quantitative estimate of drug-likeness (QED) is 0.510. The molecule has 8 heteroatoms. The molecule has 0 unspecified atom stereocenters. The van der Waals surface area contributed by atoms with Crippen molar-refractivity contribution in [3.05, 3.63) is 35.1 Å². The molecule has 0 spiro atoms. The minimum absolute atomic E-state index is 0.0285. The van der Waals surface area contributed by atoms with Gasteiger partial charge in [-0.05, 0) is 31.9 Å². The van der Waals surface area contributed by atoms with E-state index in [-0.39, 0.29) is 18.5 Å². The van der Waals surface area contributed by atoms with Crippen LogP contribution in [0.5, 0.6) is 0 Å². The zero-order valence-electron chi connectivity index (χ0n) is 15.9. The van der Waals surface area contributed by atoms with Crippen LogP contribution in [0.2, 0.25) is 0 Å². The lowest BCUT2D eigenvalue weighted by Gasteiger charge is -2.32. The number of nitrogens with zero attached hydrogens (tertiary/aromatic N) is 3. The first kappa shape index (κ1) is 20.6. The highest BCUT2D eigenvalue weighted by molar-refractivity contribution is 5.80. The highest BCUT2D eigenvalue weighted by Crippen LogP contribution is 2.12. The van der Waals surface area contributed by atoms with Gasteiger partial charge in [0.25, 0.3) is 0 Å². The van der Waals surface area contributed by atoms with Gasteiger partial charge in [-0.15, -0.1) is 0 Å². The molecule has 1 heterocycles. The molecule has 1 aromatic carbocycles. The Labute approximate surface area is 159 Å². The summed E-state index contributed by atoms with van der Waals surface area (Å²) < 4.78 is 14.0. The summed E-state index contributed by atoms with van der Waals surface area (Å²) in [4.78, 5) is 18.1.